The minimum atomic E-state index is -1.06. The number of halogens is 1. The number of nitrogens with one attached hydrogen (secondary N) is 1. The van der Waals surface area contributed by atoms with Crippen LogP contribution < -0.4 is 5.32 Å². The van der Waals surface area contributed by atoms with Crippen molar-refractivity contribution in [3.05, 3.63) is 53.6 Å². The van der Waals surface area contributed by atoms with E-state index in [1.165, 1.54) is 24.5 Å². The van der Waals surface area contributed by atoms with Gasteiger partial charge in [0.2, 0.25) is 0 Å². The molecule has 1 aromatic carbocycles. The van der Waals surface area contributed by atoms with Crippen LogP contribution in [0.3, 0.4) is 0 Å². The summed E-state index contributed by atoms with van der Waals surface area (Å²) in [5, 5.41) is 44.0. The van der Waals surface area contributed by atoms with Gasteiger partial charge in [0.1, 0.15) is 29.9 Å². The second-order valence-electron chi connectivity index (χ2n) is 13.4. The van der Waals surface area contributed by atoms with Crippen molar-refractivity contribution >= 4 is 12.1 Å². The smallest absolute Gasteiger partial charge is 0.410 e. The molecule has 2 aliphatic heterocycles. The molecule has 11 nitrogen and oxygen atoms in total. The highest BCUT2D eigenvalue weighted by Crippen LogP contribution is 2.29. The third kappa shape index (κ3) is 9.93. The zero-order chi connectivity index (χ0) is 33.4. The van der Waals surface area contributed by atoms with Crippen molar-refractivity contribution in [1.29, 1.82) is 5.26 Å². The van der Waals surface area contributed by atoms with Crippen molar-refractivity contribution < 1.29 is 34.0 Å². The van der Waals surface area contributed by atoms with Crippen LogP contribution in [0.2, 0.25) is 0 Å². The van der Waals surface area contributed by atoms with Crippen molar-refractivity contribution in [2.75, 3.05) is 26.2 Å². The van der Waals surface area contributed by atoms with Gasteiger partial charge in [0.15, 0.2) is 0 Å². The van der Waals surface area contributed by atoms with Gasteiger partial charge in [-0.2, -0.15) is 5.26 Å². The van der Waals surface area contributed by atoms with Gasteiger partial charge in [-0.15, -0.1) is 0 Å². The number of aromatic nitrogens is 1. The average molecular weight is 640 g/mol. The maximum Gasteiger partial charge on any atom is 0.410 e. The van der Waals surface area contributed by atoms with E-state index in [2.05, 4.69) is 10.3 Å². The minimum absolute atomic E-state index is 0.0753. The molecule has 0 radical (unpaired) electrons. The number of nitrogens with zero attached hydrogens (tertiary/aromatic N) is 4. The van der Waals surface area contributed by atoms with Crippen LogP contribution >= 0.6 is 0 Å². The van der Waals surface area contributed by atoms with Crippen LogP contribution in [0.4, 0.5) is 9.18 Å². The Hall–Kier alpha value is -3.63. The molecule has 2 aliphatic rings. The van der Waals surface area contributed by atoms with E-state index in [9.17, 15) is 29.3 Å². The summed E-state index contributed by atoms with van der Waals surface area (Å²) in [6.45, 7) is 8.00. The number of nitriles is 1. The molecule has 0 aliphatic carbocycles. The first-order chi connectivity index (χ1) is 21.8. The molecular weight excluding hydrogens is 593 g/mol. The molecular formula is C34H46FN5O6. The molecule has 2 aromatic rings. The summed E-state index contributed by atoms with van der Waals surface area (Å²) in [7, 11) is 0. The lowest BCUT2D eigenvalue weighted by atomic mass is 9.91. The number of carbonyl (C=O) groups excluding carboxylic acids is 1. The van der Waals surface area contributed by atoms with E-state index in [-0.39, 0.29) is 24.0 Å². The molecule has 2 fully saturated rings. The van der Waals surface area contributed by atoms with E-state index in [1.807, 2.05) is 25.7 Å². The van der Waals surface area contributed by atoms with Gasteiger partial charge in [-0.05, 0) is 94.5 Å². The molecule has 4 N–H and O–H groups in total. The molecule has 3 heterocycles. The molecule has 46 heavy (non-hydrogen) atoms. The van der Waals surface area contributed by atoms with Crippen LogP contribution in [-0.2, 0) is 9.53 Å². The molecule has 0 saturated carbocycles. The second-order valence-corrected chi connectivity index (χ2v) is 13.4. The number of pyridine rings is 1. The number of amides is 1. The summed E-state index contributed by atoms with van der Waals surface area (Å²) < 4.78 is 19.7. The van der Waals surface area contributed by atoms with Crippen molar-refractivity contribution in [2.45, 2.75) is 89.8 Å². The SMILES string of the molecule is CC(C)(C)OC(=O)N1CCC(CCC(O)N2CCC[C@@H](C(O)NC(CC(=O)O)c3cncc(-c4ccc(C#N)c(F)c4)c3)C2)CC1. The lowest BCUT2D eigenvalue weighted by molar-refractivity contribution is -0.138. The van der Waals surface area contributed by atoms with Crippen molar-refractivity contribution in [2.24, 2.45) is 11.8 Å². The van der Waals surface area contributed by atoms with Gasteiger partial charge in [-0.3, -0.25) is 20.0 Å². The van der Waals surface area contributed by atoms with Crippen molar-refractivity contribution in [1.82, 2.24) is 20.1 Å². The summed E-state index contributed by atoms with van der Waals surface area (Å²) in [4.78, 5) is 32.1. The highest BCUT2D eigenvalue weighted by atomic mass is 19.1. The average Bonchev–Trinajstić information content (AvgIpc) is 3.02. The van der Waals surface area contributed by atoms with E-state index in [4.69, 9.17) is 10.00 Å². The summed E-state index contributed by atoms with van der Waals surface area (Å²) in [6.07, 6.45) is 5.38. The van der Waals surface area contributed by atoms with Crippen LogP contribution in [0.25, 0.3) is 11.1 Å². The topological polar surface area (TPSA) is 159 Å². The van der Waals surface area contributed by atoms with E-state index < -0.39 is 35.9 Å². The Labute approximate surface area is 270 Å². The molecule has 1 amide bonds. The molecule has 2 saturated heterocycles. The van der Waals surface area contributed by atoms with Crippen LogP contribution in [0, 0.1) is 29.0 Å². The van der Waals surface area contributed by atoms with Gasteiger partial charge in [-0.25, -0.2) is 9.18 Å². The number of carbonyl (C=O) groups is 2. The number of aliphatic hydroxyl groups is 2. The number of benzene rings is 1. The lowest BCUT2D eigenvalue weighted by Gasteiger charge is -2.39. The van der Waals surface area contributed by atoms with Gasteiger partial charge < -0.3 is 25.0 Å². The number of aliphatic carboxylic acids is 1. The second kappa shape index (κ2) is 15.8. The van der Waals surface area contributed by atoms with Crippen LogP contribution in [0.15, 0.2) is 36.7 Å². The summed E-state index contributed by atoms with van der Waals surface area (Å²) in [6, 6.07) is 6.95. The number of likely N-dealkylation sites (tertiary alicyclic amines) is 2. The highest BCUT2D eigenvalue weighted by Gasteiger charge is 2.32. The van der Waals surface area contributed by atoms with Gasteiger partial charge in [0.25, 0.3) is 0 Å². The van der Waals surface area contributed by atoms with Crippen molar-refractivity contribution in [3.63, 3.8) is 0 Å². The lowest BCUT2D eigenvalue weighted by Crippen LogP contribution is -2.50. The molecule has 0 bridgehead atoms. The predicted molar refractivity (Wildman–Crippen MR) is 169 cm³/mol. The largest absolute Gasteiger partial charge is 0.481 e. The van der Waals surface area contributed by atoms with Crippen molar-refractivity contribution in [3.8, 4) is 17.2 Å². The summed E-state index contributed by atoms with van der Waals surface area (Å²) in [5.41, 5.74) is 0.964. The Bertz CT molecular complexity index is 1390. The maximum atomic E-state index is 14.3. The molecule has 0 spiro atoms. The molecule has 12 heteroatoms. The van der Waals surface area contributed by atoms with E-state index >= 15 is 0 Å². The number of ether oxygens (including phenoxy) is 1. The number of carboxylic acids is 1. The number of piperidine rings is 2. The van der Waals surface area contributed by atoms with Crippen LogP contribution in [0.5, 0.6) is 0 Å². The van der Waals surface area contributed by atoms with E-state index in [0.717, 1.165) is 25.7 Å². The molecule has 3 unspecified atom stereocenters. The van der Waals surface area contributed by atoms with E-state index in [0.29, 0.717) is 61.6 Å². The molecule has 250 valence electrons. The third-order valence-corrected chi connectivity index (χ3v) is 8.79. The minimum Gasteiger partial charge on any atom is -0.481 e. The highest BCUT2D eigenvalue weighted by molar-refractivity contribution is 5.69. The summed E-state index contributed by atoms with van der Waals surface area (Å²) >= 11 is 0. The number of rotatable bonds is 11. The Morgan fingerprint density at radius 1 is 1.13 bits per heavy atom. The zero-order valence-corrected chi connectivity index (χ0v) is 26.9. The quantitative estimate of drug-likeness (QED) is 0.255. The monoisotopic (exact) mass is 639 g/mol. The van der Waals surface area contributed by atoms with Gasteiger partial charge >= 0.3 is 12.1 Å². The number of carboxylic acid groups (broad SMARTS) is 1. The first kappa shape index (κ1) is 35.2. The van der Waals surface area contributed by atoms with Crippen LogP contribution in [-0.4, -0.2) is 86.4 Å². The Morgan fingerprint density at radius 2 is 1.87 bits per heavy atom. The zero-order valence-electron chi connectivity index (χ0n) is 26.9. The fourth-order valence-corrected chi connectivity index (χ4v) is 6.25. The van der Waals surface area contributed by atoms with Gasteiger partial charge in [0, 0.05) is 56.1 Å². The molecule has 4 rings (SSSR count). The first-order valence-corrected chi connectivity index (χ1v) is 16.0. The predicted octanol–water partition coefficient (Wildman–Crippen LogP) is 4.64. The Balaban J connectivity index is 1.31. The fourth-order valence-electron chi connectivity index (χ4n) is 6.25. The Morgan fingerprint density at radius 3 is 2.52 bits per heavy atom. The Kier molecular flexibility index (Phi) is 12.1. The van der Waals surface area contributed by atoms with Crippen LogP contribution in [0.1, 0.15) is 82.9 Å². The normalized spacial score (nSPS) is 20.0. The number of hydrogen-bond donors (Lipinski definition) is 4. The fraction of sp³-hybridized carbons (Fsp3) is 0.588. The van der Waals surface area contributed by atoms with Gasteiger partial charge in [0.05, 0.1) is 12.0 Å². The maximum absolute atomic E-state index is 14.3. The summed E-state index contributed by atoms with van der Waals surface area (Å²) in [5.74, 6) is -1.55. The van der Waals surface area contributed by atoms with E-state index in [1.54, 1.807) is 23.1 Å². The molecule has 4 atom stereocenters. The van der Waals surface area contributed by atoms with Gasteiger partial charge in [-0.1, -0.05) is 6.07 Å². The third-order valence-electron chi connectivity index (χ3n) is 8.79. The number of hydrogen-bond acceptors (Lipinski definition) is 9. The molecule has 1 aromatic heterocycles. The number of aliphatic hydroxyl groups excluding tert-OH is 2. The first-order valence-electron chi connectivity index (χ1n) is 16.0. The standard InChI is InChI=1S/C34H46FN5O6/c1-34(2,3)46-33(45)39-13-10-22(11-14-39)6-9-30(41)40-12-4-5-25(21-40)32(44)38-29(17-31(42)43)27-15-26(19-37-20-27)23-7-8-24(18-36)28(35)16-23/h7-8,15-16,19-20,22,25,29-30,32,38,41,44H,4-6,9-14,17,21H2,1-3H3,(H,42,43)/t25-,29?,30?,32?/m1/s1.